The summed E-state index contributed by atoms with van der Waals surface area (Å²) in [6.45, 7) is 2.80. The van der Waals surface area contributed by atoms with Crippen molar-refractivity contribution in [2.75, 3.05) is 0 Å². The Morgan fingerprint density at radius 1 is 1.00 bits per heavy atom. The first kappa shape index (κ1) is 18.6. The number of fused-ring (bicyclic) bond motifs is 1. The molecule has 1 N–H and O–H groups in total. The van der Waals surface area contributed by atoms with Gasteiger partial charge in [-0.2, -0.15) is 5.10 Å². The van der Waals surface area contributed by atoms with Crippen LogP contribution in [-0.4, -0.2) is 16.7 Å². The summed E-state index contributed by atoms with van der Waals surface area (Å²) < 4.78 is 15.3. The van der Waals surface area contributed by atoms with Crippen LogP contribution in [0.4, 0.5) is 4.39 Å². The molecule has 0 fully saturated rings. The van der Waals surface area contributed by atoms with Gasteiger partial charge in [0, 0.05) is 34.3 Å². The SMILES string of the molecule is Cc1c(/C=N\NC(=O)c2ccc(F)cc2)c2ccccc2n1Cc1ccccc1. The van der Waals surface area contributed by atoms with Crippen molar-refractivity contribution in [1.29, 1.82) is 0 Å². The minimum absolute atomic E-state index is 0.353. The zero-order chi connectivity index (χ0) is 20.2. The molecule has 4 aromatic rings. The Labute approximate surface area is 168 Å². The van der Waals surface area contributed by atoms with Gasteiger partial charge in [-0.15, -0.1) is 0 Å². The number of hydrogen-bond acceptors (Lipinski definition) is 2. The van der Waals surface area contributed by atoms with Crippen LogP contribution in [0.2, 0.25) is 0 Å². The Hall–Kier alpha value is -3.73. The van der Waals surface area contributed by atoms with E-state index in [1.807, 2.05) is 43.3 Å². The van der Waals surface area contributed by atoms with Gasteiger partial charge in [-0.1, -0.05) is 48.5 Å². The van der Waals surface area contributed by atoms with Crippen LogP contribution in [0, 0.1) is 12.7 Å². The van der Waals surface area contributed by atoms with Crippen LogP contribution >= 0.6 is 0 Å². The van der Waals surface area contributed by atoms with E-state index < -0.39 is 0 Å². The number of nitrogens with zero attached hydrogens (tertiary/aromatic N) is 2. The topological polar surface area (TPSA) is 46.4 Å². The lowest BCUT2D eigenvalue weighted by Crippen LogP contribution is -2.17. The molecule has 3 aromatic carbocycles. The number of aromatic nitrogens is 1. The van der Waals surface area contributed by atoms with Gasteiger partial charge in [-0.3, -0.25) is 4.79 Å². The number of halogens is 1. The predicted molar refractivity (Wildman–Crippen MR) is 114 cm³/mol. The molecule has 0 bridgehead atoms. The second-order valence-electron chi connectivity index (χ2n) is 6.79. The van der Waals surface area contributed by atoms with Crippen molar-refractivity contribution >= 4 is 23.0 Å². The molecule has 0 radical (unpaired) electrons. The van der Waals surface area contributed by atoms with Crippen molar-refractivity contribution in [2.24, 2.45) is 5.10 Å². The number of rotatable bonds is 5. The highest BCUT2D eigenvalue weighted by molar-refractivity contribution is 6.02. The summed E-state index contributed by atoms with van der Waals surface area (Å²) in [6, 6.07) is 23.8. The maximum atomic E-state index is 13.0. The van der Waals surface area contributed by atoms with Gasteiger partial charge < -0.3 is 4.57 Å². The Kier molecular flexibility index (Phi) is 5.20. The third-order valence-corrected chi connectivity index (χ3v) is 4.93. The lowest BCUT2D eigenvalue weighted by Gasteiger charge is -2.08. The quantitative estimate of drug-likeness (QED) is 0.385. The Morgan fingerprint density at radius 2 is 1.69 bits per heavy atom. The normalized spacial score (nSPS) is 11.2. The third-order valence-electron chi connectivity index (χ3n) is 4.93. The zero-order valence-electron chi connectivity index (χ0n) is 16.0. The average Bonchev–Trinajstić information content (AvgIpc) is 3.01. The van der Waals surface area contributed by atoms with E-state index in [4.69, 9.17) is 0 Å². The number of nitrogens with one attached hydrogen (secondary N) is 1. The lowest BCUT2D eigenvalue weighted by atomic mass is 10.1. The summed E-state index contributed by atoms with van der Waals surface area (Å²) >= 11 is 0. The van der Waals surface area contributed by atoms with Gasteiger partial charge in [0.2, 0.25) is 0 Å². The Morgan fingerprint density at radius 3 is 2.45 bits per heavy atom. The number of hydrazone groups is 1. The molecule has 0 saturated carbocycles. The summed E-state index contributed by atoms with van der Waals surface area (Å²) in [5, 5.41) is 5.21. The fourth-order valence-corrected chi connectivity index (χ4v) is 3.41. The maximum absolute atomic E-state index is 13.0. The van der Waals surface area contributed by atoms with Gasteiger partial charge in [-0.05, 0) is 42.8 Å². The zero-order valence-corrected chi connectivity index (χ0v) is 16.0. The van der Waals surface area contributed by atoms with Gasteiger partial charge in [0.05, 0.1) is 6.21 Å². The van der Waals surface area contributed by atoms with E-state index in [-0.39, 0.29) is 11.7 Å². The average molecular weight is 385 g/mol. The molecule has 0 aliphatic heterocycles. The van der Waals surface area contributed by atoms with Crippen molar-refractivity contribution < 1.29 is 9.18 Å². The van der Waals surface area contributed by atoms with Crippen molar-refractivity contribution in [3.05, 3.63) is 107 Å². The van der Waals surface area contributed by atoms with Gasteiger partial charge in [0.15, 0.2) is 0 Å². The molecule has 1 amide bonds. The van der Waals surface area contributed by atoms with Crippen LogP contribution in [0.15, 0.2) is 84.0 Å². The van der Waals surface area contributed by atoms with E-state index >= 15 is 0 Å². The van der Waals surface area contributed by atoms with E-state index in [1.165, 1.54) is 29.8 Å². The summed E-state index contributed by atoms with van der Waals surface area (Å²) in [5.74, 6) is -0.765. The van der Waals surface area contributed by atoms with Gasteiger partial charge in [0.25, 0.3) is 5.91 Å². The largest absolute Gasteiger partial charge is 0.340 e. The second-order valence-corrected chi connectivity index (χ2v) is 6.79. The monoisotopic (exact) mass is 385 g/mol. The number of hydrogen-bond donors (Lipinski definition) is 1. The standard InChI is InChI=1S/C24H20FN3O/c1-17-22(15-26-27-24(29)19-11-13-20(25)14-12-19)21-9-5-6-10-23(21)28(17)16-18-7-3-2-4-8-18/h2-15H,16H2,1H3,(H,27,29)/b26-15-. The molecule has 29 heavy (non-hydrogen) atoms. The molecule has 0 unspecified atom stereocenters. The molecule has 0 aliphatic carbocycles. The number of amides is 1. The predicted octanol–water partition coefficient (Wildman–Crippen LogP) is 4.90. The molecule has 4 nitrogen and oxygen atoms in total. The summed E-state index contributed by atoms with van der Waals surface area (Å²) in [5.41, 5.74) is 7.21. The highest BCUT2D eigenvalue weighted by atomic mass is 19.1. The lowest BCUT2D eigenvalue weighted by molar-refractivity contribution is 0.0955. The van der Waals surface area contributed by atoms with Crippen LogP contribution in [0.25, 0.3) is 10.9 Å². The minimum Gasteiger partial charge on any atom is -0.340 e. The summed E-state index contributed by atoms with van der Waals surface area (Å²) in [7, 11) is 0. The number of benzene rings is 3. The van der Waals surface area contributed by atoms with Gasteiger partial charge in [0.1, 0.15) is 5.82 Å². The fourth-order valence-electron chi connectivity index (χ4n) is 3.41. The number of carbonyl (C=O) groups excluding carboxylic acids is 1. The Bertz CT molecular complexity index is 1180. The number of para-hydroxylation sites is 1. The highest BCUT2D eigenvalue weighted by Crippen LogP contribution is 2.25. The van der Waals surface area contributed by atoms with Crippen molar-refractivity contribution in [1.82, 2.24) is 9.99 Å². The van der Waals surface area contributed by atoms with Crippen LogP contribution in [0.1, 0.15) is 27.2 Å². The molecule has 0 spiro atoms. The van der Waals surface area contributed by atoms with Crippen LogP contribution in [0.5, 0.6) is 0 Å². The Balaban J connectivity index is 1.62. The molecular weight excluding hydrogens is 365 g/mol. The van der Waals surface area contributed by atoms with Crippen LogP contribution in [-0.2, 0) is 6.54 Å². The van der Waals surface area contributed by atoms with E-state index in [9.17, 15) is 9.18 Å². The van der Waals surface area contributed by atoms with E-state index in [2.05, 4.69) is 33.3 Å². The second kappa shape index (κ2) is 8.10. The number of carbonyl (C=O) groups is 1. The molecule has 4 rings (SSSR count). The molecule has 0 saturated heterocycles. The summed E-state index contributed by atoms with van der Waals surface area (Å²) in [6.07, 6.45) is 1.67. The first-order valence-electron chi connectivity index (χ1n) is 9.34. The molecule has 1 heterocycles. The fraction of sp³-hybridized carbons (Fsp3) is 0.0833. The first-order chi connectivity index (χ1) is 14.1. The van der Waals surface area contributed by atoms with Crippen molar-refractivity contribution in [2.45, 2.75) is 13.5 Å². The molecule has 5 heteroatoms. The van der Waals surface area contributed by atoms with Crippen molar-refractivity contribution in [3.63, 3.8) is 0 Å². The summed E-state index contributed by atoms with van der Waals surface area (Å²) in [4.78, 5) is 12.2. The third kappa shape index (κ3) is 3.94. The molecule has 0 atom stereocenters. The minimum atomic E-state index is -0.382. The van der Waals surface area contributed by atoms with Crippen molar-refractivity contribution in [3.8, 4) is 0 Å². The first-order valence-corrected chi connectivity index (χ1v) is 9.34. The van der Waals surface area contributed by atoms with E-state index in [1.54, 1.807) is 6.21 Å². The molecule has 1 aromatic heterocycles. The van der Waals surface area contributed by atoms with E-state index in [0.717, 1.165) is 28.7 Å². The van der Waals surface area contributed by atoms with Crippen LogP contribution < -0.4 is 5.43 Å². The smallest absolute Gasteiger partial charge is 0.271 e. The maximum Gasteiger partial charge on any atom is 0.271 e. The highest BCUT2D eigenvalue weighted by Gasteiger charge is 2.13. The van der Waals surface area contributed by atoms with E-state index in [0.29, 0.717) is 5.56 Å². The van der Waals surface area contributed by atoms with Gasteiger partial charge >= 0.3 is 0 Å². The molecule has 0 aliphatic rings. The van der Waals surface area contributed by atoms with Gasteiger partial charge in [-0.25, -0.2) is 9.82 Å². The van der Waals surface area contributed by atoms with Crippen LogP contribution in [0.3, 0.4) is 0 Å². The molecular formula is C24H20FN3O. The molecule has 144 valence electrons.